The van der Waals surface area contributed by atoms with Crippen molar-refractivity contribution in [3.05, 3.63) is 70.2 Å². The molecule has 0 aliphatic heterocycles. The molecule has 1 unspecified atom stereocenters. The van der Waals surface area contributed by atoms with Gasteiger partial charge in [-0.3, -0.25) is 0 Å². The van der Waals surface area contributed by atoms with Crippen LogP contribution >= 0.6 is 0 Å². The van der Waals surface area contributed by atoms with Gasteiger partial charge in [0, 0.05) is 0 Å². The highest BCUT2D eigenvalue weighted by molar-refractivity contribution is 5.30. The van der Waals surface area contributed by atoms with E-state index in [4.69, 9.17) is 4.74 Å². The molecule has 0 aromatic heterocycles. The lowest BCUT2D eigenvalue weighted by Gasteiger charge is -2.15. The Balaban J connectivity index is 1.85. The summed E-state index contributed by atoms with van der Waals surface area (Å²) in [5.74, 6) is 0.925. The smallest absolute Gasteiger partial charge is 0.120 e. The van der Waals surface area contributed by atoms with E-state index in [-0.39, 0.29) is 6.10 Å². The number of benzene rings is 1. The maximum Gasteiger partial charge on any atom is 0.120 e. The lowest BCUT2D eigenvalue weighted by Crippen LogP contribution is -2.11. The highest BCUT2D eigenvalue weighted by atomic mass is 16.5. The number of hydrogen-bond acceptors (Lipinski definition) is 3. The zero-order valence-corrected chi connectivity index (χ0v) is 14.7. The molecule has 0 spiro atoms. The zero-order valence-electron chi connectivity index (χ0n) is 14.7. The minimum atomic E-state index is 0.148. The van der Waals surface area contributed by atoms with Crippen molar-refractivity contribution in [3.8, 4) is 5.75 Å². The molecule has 1 atom stereocenters. The van der Waals surface area contributed by atoms with Gasteiger partial charge in [0.25, 0.3) is 0 Å². The van der Waals surface area contributed by atoms with E-state index in [1.807, 2.05) is 13.0 Å². The van der Waals surface area contributed by atoms with E-state index in [0.29, 0.717) is 6.54 Å². The van der Waals surface area contributed by atoms with Crippen LogP contribution in [0.3, 0.4) is 0 Å². The highest BCUT2D eigenvalue weighted by Crippen LogP contribution is 2.23. The average molecular weight is 325 g/mol. The standard InChI is InChI=1S/C21H27NO2/c1-3-5-20(4-2)24-21-14-12-18(13-15-21)7-6-17-8-10-19(11-9-17)16-22-23/h3,5,8,10,12-15,20H,4,6-7,9,11,16H2,1-2H3/b5-3-. The van der Waals surface area contributed by atoms with Crippen molar-refractivity contribution in [2.45, 2.75) is 52.1 Å². The molecule has 1 aliphatic carbocycles. The Morgan fingerprint density at radius 3 is 2.42 bits per heavy atom. The number of hydrogen-bond donors (Lipinski definition) is 0. The minimum Gasteiger partial charge on any atom is -0.486 e. The second-order valence-electron chi connectivity index (χ2n) is 6.17. The topological polar surface area (TPSA) is 38.7 Å². The lowest BCUT2D eigenvalue weighted by atomic mass is 9.94. The monoisotopic (exact) mass is 325 g/mol. The van der Waals surface area contributed by atoms with Gasteiger partial charge in [-0.05, 0) is 68.4 Å². The van der Waals surface area contributed by atoms with Gasteiger partial charge >= 0.3 is 0 Å². The van der Waals surface area contributed by atoms with Crippen molar-refractivity contribution in [1.82, 2.24) is 0 Å². The first-order chi connectivity index (χ1) is 11.7. The summed E-state index contributed by atoms with van der Waals surface area (Å²) in [7, 11) is 0. The van der Waals surface area contributed by atoms with E-state index in [1.165, 1.54) is 11.1 Å². The van der Waals surface area contributed by atoms with Crippen LogP contribution in [0, 0.1) is 4.91 Å². The summed E-state index contributed by atoms with van der Waals surface area (Å²) in [5, 5.41) is 2.96. The van der Waals surface area contributed by atoms with Crippen LogP contribution in [-0.2, 0) is 6.42 Å². The molecule has 0 heterocycles. The van der Waals surface area contributed by atoms with Crippen LogP contribution < -0.4 is 4.74 Å². The first kappa shape index (κ1) is 18.2. The molecule has 0 N–H and O–H groups in total. The summed E-state index contributed by atoms with van der Waals surface area (Å²) in [6.07, 6.45) is 13.6. The Bertz CT molecular complexity index is 611. The van der Waals surface area contributed by atoms with Crippen molar-refractivity contribution < 1.29 is 4.74 Å². The van der Waals surface area contributed by atoms with Crippen molar-refractivity contribution >= 4 is 0 Å². The van der Waals surface area contributed by atoms with Crippen LogP contribution in [0.1, 0.15) is 45.1 Å². The number of nitrogens with zero attached hydrogens (tertiary/aromatic N) is 1. The molecule has 0 amide bonds. The fourth-order valence-corrected chi connectivity index (χ4v) is 2.83. The molecule has 2 rings (SSSR count). The predicted molar refractivity (Wildman–Crippen MR) is 100 cm³/mol. The Kier molecular flexibility index (Phi) is 7.47. The molecule has 128 valence electrons. The maximum atomic E-state index is 10.3. The van der Waals surface area contributed by atoms with Crippen LogP contribution in [0.2, 0.25) is 0 Å². The van der Waals surface area contributed by atoms with Gasteiger partial charge in [0.2, 0.25) is 0 Å². The van der Waals surface area contributed by atoms with Crippen molar-refractivity contribution in [3.63, 3.8) is 0 Å². The molecule has 3 nitrogen and oxygen atoms in total. The van der Waals surface area contributed by atoms with Crippen LogP contribution in [0.4, 0.5) is 0 Å². The quantitative estimate of drug-likeness (QED) is 0.427. The first-order valence-electron chi connectivity index (χ1n) is 8.80. The highest BCUT2D eigenvalue weighted by Gasteiger charge is 2.07. The van der Waals surface area contributed by atoms with E-state index in [2.05, 4.69) is 54.6 Å². The fraction of sp³-hybridized carbons (Fsp3) is 0.429. The Morgan fingerprint density at radius 1 is 1.12 bits per heavy atom. The molecule has 0 bridgehead atoms. The number of nitroso groups, excluding NO2 is 1. The van der Waals surface area contributed by atoms with Gasteiger partial charge in [-0.1, -0.05) is 48.0 Å². The molecule has 3 heteroatoms. The molecular formula is C21H27NO2. The summed E-state index contributed by atoms with van der Waals surface area (Å²) in [4.78, 5) is 10.3. The second-order valence-corrected chi connectivity index (χ2v) is 6.17. The van der Waals surface area contributed by atoms with Crippen LogP contribution in [0.5, 0.6) is 5.75 Å². The number of ether oxygens (including phenoxy) is 1. The molecule has 0 radical (unpaired) electrons. The number of aryl methyl sites for hydroxylation is 1. The Hall–Kier alpha value is -2.16. The molecular weight excluding hydrogens is 298 g/mol. The fourth-order valence-electron chi connectivity index (χ4n) is 2.83. The number of allylic oxidation sites excluding steroid dienone is 4. The predicted octanol–water partition coefficient (Wildman–Crippen LogP) is 5.77. The third-order valence-electron chi connectivity index (χ3n) is 4.34. The summed E-state index contributed by atoms with van der Waals surface area (Å²) < 4.78 is 5.95. The largest absolute Gasteiger partial charge is 0.486 e. The SMILES string of the molecule is C/C=C\C(CC)Oc1ccc(CCC2=CC=C(CN=O)CC2)cc1. The van der Waals surface area contributed by atoms with Gasteiger partial charge in [-0.2, -0.15) is 4.91 Å². The summed E-state index contributed by atoms with van der Waals surface area (Å²) in [5.41, 5.74) is 3.91. The lowest BCUT2D eigenvalue weighted by molar-refractivity contribution is 0.245. The van der Waals surface area contributed by atoms with E-state index in [9.17, 15) is 4.91 Å². The normalized spacial score (nSPS) is 15.8. The third-order valence-corrected chi connectivity index (χ3v) is 4.34. The maximum absolute atomic E-state index is 10.3. The average Bonchev–Trinajstić information content (AvgIpc) is 2.62. The molecule has 0 saturated carbocycles. The number of rotatable bonds is 9. The second kappa shape index (κ2) is 9.86. The summed E-state index contributed by atoms with van der Waals surface area (Å²) in [6, 6.07) is 8.42. The third kappa shape index (κ3) is 5.80. The summed E-state index contributed by atoms with van der Waals surface area (Å²) >= 11 is 0. The van der Waals surface area contributed by atoms with Crippen molar-refractivity contribution in [1.29, 1.82) is 0 Å². The van der Waals surface area contributed by atoms with E-state index < -0.39 is 0 Å². The van der Waals surface area contributed by atoms with E-state index in [1.54, 1.807) is 0 Å². The Morgan fingerprint density at radius 2 is 1.83 bits per heavy atom. The Labute approximate surface area is 145 Å². The van der Waals surface area contributed by atoms with Gasteiger partial charge in [0.1, 0.15) is 18.4 Å². The van der Waals surface area contributed by atoms with Crippen LogP contribution in [0.15, 0.2) is 64.9 Å². The summed E-state index contributed by atoms with van der Waals surface area (Å²) in [6.45, 7) is 4.47. The molecule has 0 saturated heterocycles. The molecule has 24 heavy (non-hydrogen) atoms. The first-order valence-corrected chi connectivity index (χ1v) is 8.80. The van der Waals surface area contributed by atoms with Crippen LogP contribution in [0.25, 0.3) is 0 Å². The van der Waals surface area contributed by atoms with Crippen molar-refractivity contribution in [2.75, 3.05) is 6.54 Å². The zero-order chi connectivity index (χ0) is 17.2. The van der Waals surface area contributed by atoms with Gasteiger partial charge in [-0.15, -0.1) is 0 Å². The molecule has 1 aliphatic rings. The molecule has 1 aromatic rings. The van der Waals surface area contributed by atoms with Crippen LogP contribution in [-0.4, -0.2) is 12.6 Å². The van der Waals surface area contributed by atoms with E-state index in [0.717, 1.165) is 43.4 Å². The van der Waals surface area contributed by atoms with Gasteiger partial charge < -0.3 is 4.74 Å². The minimum absolute atomic E-state index is 0.148. The van der Waals surface area contributed by atoms with Gasteiger partial charge in [-0.25, -0.2) is 0 Å². The molecule has 0 fully saturated rings. The molecule has 1 aromatic carbocycles. The van der Waals surface area contributed by atoms with Gasteiger partial charge in [0.05, 0.1) is 0 Å². The van der Waals surface area contributed by atoms with E-state index >= 15 is 0 Å². The van der Waals surface area contributed by atoms with Gasteiger partial charge in [0.15, 0.2) is 0 Å². The van der Waals surface area contributed by atoms with Crippen molar-refractivity contribution in [2.24, 2.45) is 5.18 Å².